The van der Waals surface area contributed by atoms with Crippen molar-refractivity contribution in [3.63, 3.8) is 0 Å². The summed E-state index contributed by atoms with van der Waals surface area (Å²) in [5.74, 6) is 0.690. The Balaban J connectivity index is 2.83. The Morgan fingerprint density at radius 2 is 2.15 bits per heavy atom. The molecule has 116 valence electrons. The molecule has 0 radical (unpaired) electrons. The van der Waals surface area contributed by atoms with E-state index in [9.17, 15) is 0 Å². The van der Waals surface area contributed by atoms with Crippen LogP contribution in [0.4, 0.5) is 0 Å². The van der Waals surface area contributed by atoms with E-state index in [1.165, 1.54) is 6.42 Å². The number of ether oxygens (including phenoxy) is 1. The third-order valence-electron chi connectivity index (χ3n) is 3.34. The molecule has 1 heterocycles. The minimum Gasteiger partial charge on any atom is -0.383 e. The Bertz CT molecular complexity index is 379. The summed E-state index contributed by atoms with van der Waals surface area (Å²) >= 11 is 6.35. The van der Waals surface area contributed by atoms with Crippen LogP contribution in [-0.4, -0.2) is 30.0 Å². The lowest BCUT2D eigenvalue weighted by Crippen LogP contribution is -2.26. The van der Waals surface area contributed by atoms with Crippen molar-refractivity contribution in [2.24, 2.45) is 5.92 Å². The molecule has 5 heteroatoms. The molecule has 0 aromatic carbocycles. The topological polar surface area (TPSA) is 39.1 Å². The van der Waals surface area contributed by atoms with Crippen molar-refractivity contribution in [2.75, 3.05) is 20.3 Å². The van der Waals surface area contributed by atoms with Crippen LogP contribution >= 0.6 is 11.6 Å². The van der Waals surface area contributed by atoms with Crippen LogP contribution in [-0.2, 0) is 11.3 Å². The Hall–Kier alpha value is -0.580. The van der Waals surface area contributed by atoms with Crippen molar-refractivity contribution >= 4 is 11.6 Å². The molecule has 1 aromatic heterocycles. The Labute approximate surface area is 127 Å². The molecule has 1 N–H and O–H groups in total. The van der Waals surface area contributed by atoms with Crippen molar-refractivity contribution in [1.82, 2.24) is 15.1 Å². The molecule has 4 nitrogen and oxygen atoms in total. The SMILES string of the molecule is CCCNC(CCC(C)C)c1c(Cl)cnn1CCOC. The minimum atomic E-state index is 0.268. The van der Waals surface area contributed by atoms with Crippen LogP contribution in [0.3, 0.4) is 0 Å². The van der Waals surface area contributed by atoms with Gasteiger partial charge in [0.1, 0.15) is 0 Å². The maximum atomic E-state index is 6.35. The van der Waals surface area contributed by atoms with E-state index in [0.29, 0.717) is 12.5 Å². The summed E-state index contributed by atoms with van der Waals surface area (Å²) in [7, 11) is 1.70. The van der Waals surface area contributed by atoms with Gasteiger partial charge in [0.15, 0.2) is 0 Å². The number of hydrogen-bond acceptors (Lipinski definition) is 3. The van der Waals surface area contributed by atoms with Crippen LogP contribution < -0.4 is 5.32 Å². The van der Waals surface area contributed by atoms with Crippen molar-refractivity contribution in [2.45, 2.75) is 52.6 Å². The van der Waals surface area contributed by atoms with Gasteiger partial charge in [-0.1, -0.05) is 32.4 Å². The molecule has 0 amide bonds. The van der Waals surface area contributed by atoms with E-state index in [1.54, 1.807) is 13.3 Å². The molecule has 0 spiro atoms. The van der Waals surface area contributed by atoms with Gasteiger partial charge in [-0.05, 0) is 31.7 Å². The Kier molecular flexibility index (Phi) is 8.19. The van der Waals surface area contributed by atoms with Crippen LogP contribution in [0.25, 0.3) is 0 Å². The zero-order valence-corrected chi connectivity index (χ0v) is 13.9. The maximum absolute atomic E-state index is 6.35. The molecule has 0 aliphatic rings. The van der Waals surface area contributed by atoms with Gasteiger partial charge < -0.3 is 10.1 Å². The summed E-state index contributed by atoms with van der Waals surface area (Å²) in [5.41, 5.74) is 1.10. The highest BCUT2D eigenvalue weighted by atomic mass is 35.5. The van der Waals surface area contributed by atoms with E-state index in [2.05, 4.69) is 31.2 Å². The second-order valence-electron chi connectivity index (χ2n) is 5.57. The van der Waals surface area contributed by atoms with Crippen LogP contribution in [0.15, 0.2) is 6.20 Å². The van der Waals surface area contributed by atoms with Crippen molar-refractivity contribution in [3.05, 3.63) is 16.9 Å². The zero-order valence-electron chi connectivity index (χ0n) is 13.2. The van der Waals surface area contributed by atoms with Gasteiger partial charge >= 0.3 is 0 Å². The molecule has 20 heavy (non-hydrogen) atoms. The van der Waals surface area contributed by atoms with Crippen molar-refractivity contribution < 1.29 is 4.74 Å². The number of halogens is 1. The first kappa shape index (κ1) is 17.5. The van der Waals surface area contributed by atoms with Gasteiger partial charge in [0.05, 0.1) is 36.1 Å². The summed E-state index contributed by atoms with van der Waals surface area (Å²) in [4.78, 5) is 0. The number of hydrogen-bond donors (Lipinski definition) is 1. The van der Waals surface area contributed by atoms with Gasteiger partial charge in [-0.15, -0.1) is 0 Å². The normalized spacial score (nSPS) is 13.1. The maximum Gasteiger partial charge on any atom is 0.0834 e. The second kappa shape index (κ2) is 9.37. The third kappa shape index (κ3) is 5.43. The number of nitrogens with zero attached hydrogens (tertiary/aromatic N) is 2. The quantitative estimate of drug-likeness (QED) is 0.717. The lowest BCUT2D eigenvalue weighted by Gasteiger charge is -2.21. The summed E-state index contributed by atoms with van der Waals surface area (Å²) in [6.45, 7) is 9.06. The van der Waals surface area contributed by atoms with Crippen LogP contribution in [0.1, 0.15) is 51.8 Å². The van der Waals surface area contributed by atoms with Crippen molar-refractivity contribution in [3.8, 4) is 0 Å². The van der Waals surface area contributed by atoms with Gasteiger partial charge in [-0.2, -0.15) is 5.10 Å². The minimum absolute atomic E-state index is 0.268. The highest BCUT2D eigenvalue weighted by molar-refractivity contribution is 6.31. The van der Waals surface area contributed by atoms with Crippen LogP contribution in [0.5, 0.6) is 0 Å². The highest BCUT2D eigenvalue weighted by Gasteiger charge is 2.20. The molecule has 1 rings (SSSR count). The highest BCUT2D eigenvalue weighted by Crippen LogP contribution is 2.27. The van der Waals surface area contributed by atoms with Gasteiger partial charge in [-0.25, -0.2) is 0 Å². The van der Waals surface area contributed by atoms with Gasteiger partial charge in [0.2, 0.25) is 0 Å². The van der Waals surface area contributed by atoms with Crippen LogP contribution in [0.2, 0.25) is 5.02 Å². The first-order valence-electron chi connectivity index (χ1n) is 7.53. The predicted molar refractivity (Wildman–Crippen MR) is 84.2 cm³/mol. The lowest BCUT2D eigenvalue weighted by atomic mass is 10.0. The number of rotatable bonds is 10. The lowest BCUT2D eigenvalue weighted by molar-refractivity contribution is 0.181. The fraction of sp³-hybridized carbons (Fsp3) is 0.800. The fourth-order valence-corrected chi connectivity index (χ4v) is 2.50. The Morgan fingerprint density at radius 3 is 2.75 bits per heavy atom. The molecule has 1 atom stereocenters. The summed E-state index contributed by atoms with van der Waals surface area (Å²) in [6, 6.07) is 0.268. The number of methoxy groups -OCH3 is 1. The number of nitrogens with one attached hydrogen (secondary N) is 1. The zero-order chi connectivity index (χ0) is 15.0. The average Bonchev–Trinajstić information content (AvgIpc) is 2.78. The summed E-state index contributed by atoms with van der Waals surface area (Å²) in [5, 5.41) is 8.72. The van der Waals surface area contributed by atoms with E-state index in [1.807, 2.05) is 4.68 Å². The molecule has 0 fully saturated rings. The molecule has 0 saturated carbocycles. The first-order chi connectivity index (χ1) is 9.60. The van der Waals surface area contributed by atoms with Gasteiger partial charge in [-0.3, -0.25) is 4.68 Å². The molecule has 0 aliphatic heterocycles. The van der Waals surface area contributed by atoms with E-state index < -0.39 is 0 Å². The smallest absolute Gasteiger partial charge is 0.0834 e. The molecule has 1 aromatic rings. The molecule has 0 aliphatic carbocycles. The van der Waals surface area contributed by atoms with Gasteiger partial charge in [0, 0.05) is 7.11 Å². The van der Waals surface area contributed by atoms with Gasteiger partial charge in [0.25, 0.3) is 0 Å². The molecule has 0 bridgehead atoms. The molecular weight excluding hydrogens is 274 g/mol. The predicted octanol–water partition coefficient (Wildman–Crippen LogP) is 3.66. The van der Waals surface area contributed by atoms with E-state index >= 15 is 0 Å². The van der Waals surface area contributed by atoms with E-state index in [4.69, 9.17) is 16.3 Å². The Morgan fingerprint density at radius 1 is 1.40 bits per heavy atom. The third-order valence-corrected chi connectivity index (χ3v) is 3.64. The monoisotopic (exact) mass is 301 g/mol. The molecule has 1 unspecified atom stereocenters. The van der Waals surface area contributed by atoms with E-state index in [-0.39, 0.29) is 6.04 Å². The number of aromatic nitrogens is 2. The van der Waals surface area contributed by atoms with Crippen LogP contribution in [0, 0.1) is 5.92 Å². The van der Waals surface area contributed by atoms with Crippen molar-refractivity contribution in [1.29, 1.82) is 0 Å². The second-order valence-corrected chi connectivity index (χ2v) is 5.98. The standard InChI is InChI=1S/C15H28ClN3O/c1-5-8-17-14(7-6-12(2)3)15-13(16)11-18-19(15)9-10-20-4/h11-12,14,17H,5-10H2,1-4H3. The summed E-state index contributed by atoms with van der Waals surface area (Å²) < 4.78 is 7.12. The largest absolute Gasteiger partial charge is 0.383 e. The fourth-order valence-electron chi connectivity index (χ4n) is 2.23. The molecule has 0 saturated heterocycles. The van der Waals surface area contributed by atoms with E-state index in [0.717, 1.165) is 36.6 Å². The average molecular weight is 302 g/mol. The molecular formula is C15H28ClN3O. The first-order valence-corrected chi connectivity index (χ1v) is 7.91. The summed E-state index contributed by atoms with van der Waals surface area (Å²) in [6.07, 6.45) is 5.10.